The average molecular weight is 250 g/mol. The van der Waals surface area contributed by atoms with Gasteiger partial charge < -0.3 is 14.5 Å². The lowest BCUT2D eigenvalue weighted by Crippen LogP contribution is -2.45. The monoisotopic (exact) mass is 250 g/mol. The van der Waals surface area contributed by atoms with Gasteiger partial charge in [-0.15, -0.1) is 0 Å². The number of hydrogen-bond acceptors (Lipinski definition) is 4. The average Bonchev–Trinajstić information content (AvgIpc) is 2.87. The molecule has 1 aliphatic carbocycles. The van der Waals surface area contributed by atoms with Gasteiger partial charge in [0.15, 0.2) is 0 Å². The van der Waals surface area contributed by atoms with Crippen LogP contribution in [-0.4, -0.2) is 44.3 Å². The Morgan fingerprint density at radius 1 is 1.50 bits per heavy atom. The maximum absolute atomic E-state index is 5.78. The summed E-state index contributed by atoms with van der Waals surface area (Å²) < 4.78 is 11.3. The third-order valence-corrected chi connectivity index (χ3v) is 4.05. The molecule has 3 rings (SSSR count). The Hall–Kier alpha value is -0.840. The van der Waals surface area contributed by atoms with Crippen molar-refractivity contribution < 1.29 is 9.15 Å². The van der Waals surface area contributed by atoms with Crippen molar-refractivity contribution in [1.82, 2.24) is 10.2 Å². The third kappa shape index (κ3) is 2.46. The number of likely N-dealkylation sites (N-methyl/N-ethyl adjacent to an activating group) is 1. The van der Waals surface area contributed by atoms with Gasteiger partial charge in [-0.05, 0) is 26.0 Å². The molecule has 1 fully saturated rings. The van der Waals surface area contributed by atoms with Crippen LogP contribution in [-0.2, 0) is 11.2 Å². The highest BCUT2D eigenvalue weighted by Gasteiger charge is 2.27. The summed E-state index contributed by atoms with van der Waals surface area (Å²) in [4.78, 5) is 2.42. The number of furan rings is 1. The number of aryl methyl sites for hydroxylation is 1. The lowest BCUT2D eigenvalue weighted by molar-refractivity contribution is 0.00104. The van der Waals surface area contributed by atoms with E-state index in [4.69, 9.17) is 9.15 Å². The molecule has 2 aliphatic rings. The Labute approximate surface area is 108 Å². The van der Waals surface area contributed by atoms with Gasteiger partial charge in [0.1, 0.15) is 5.76 Å². The number of fused-ring (bicyclic) bond motifs is 1. The van der Waals surface area contributed by atoms with Crippen LogP contribution in [0.25, 0.3) is 0 Å². The second kappa shape index (κ2) is 5.43. The molecule has 2 atom stereocenters. The standard InChI is InChI=1S/C14H22N2O2/c1-16(10-11-9-15-6-8-17-11)13-3-2-4-14-12(13)5-7-18-14/h5,7,11,13,15H,2-4,6,8-10H2,1H3. The molecule has 0 spiro atoms. The van der Waals surface area contributed by atoms with Gasteiger partial charge in [-0.2, -0.15) is 0 Å². The summed E-state index contributed by atoms with van der Waals surface area (Å²) in [5.74, 6) is 1.18. The molecule has 0 bridgehead atoms. The molecule has 1 aliphatic heterocycles. The summed E-state index contributed by atoms with van der Waals surface area (Å²) in [5.41, 5.74) is 1.38. The highest BCUT2D eigenvalue weighted by atomic mass is 16.5. The van der Waals surface area contributed by atoms with Crippen LogP contribution in [0.2, 0.25) is 0 Å². The number of hydrogen-bond donors (Lipinski definition) is 1. The number of nitrogens with zero attached hydrogens (tertiary/aromatic N) is 1. The Morgan fingerprint density at radius 2 is 2.44 bits per heavy atom. The quantitative estimate of drug-likeness (QED) is 0.884. The maximum Gasteiger partial charge on any atom is 0.108 e. The summed E-state index contributed by atoms with van der Waals surface area (Å²) in [7, 11) is 2.20. The fraction of sp³-hybridized carbons (Fsp3) is 0.714. The van der Waals surface area contributed by atoms with Crippen LogP contribution in [0.15, 0.2) is 16.7 Å². The number of rotatable bonds is 3. The van der Waals surface area contributed by atoms with Gasteiger partial charge in [0.05, 0.1) is 19.0 Å². The SMILES string of the molecule is CN(CC1CNCCO1)C1CCCc2occc21. The minimum absolute atomic E-state index is 0.320. The predicted molar refractivity (Wildman–Crippen MR) is 69.6 cm³/mol. The molecule has 0 aromatic carbocycles. The molecule has 0 saturated carbocycles. The van der Waals surface area contributed by atoms with Crippen molar-refractivity contribution in [2.45, 2.75) is 31.4 Å². The predicted octanol–water partition coefficient (Wildman–Crippen LogP) is 1.58. The van der Waals surface area contributed by atoms with E-state index in [1.165, 1.54) is 24.2 Å². The smallest absolute Gasteiger partial charge is 0.108 e. The van der Waals surface area contributed by atoms with Crippen LogP contribution >= 0.6 is 0 Å². The summed E-state index contributed by atoms with van der Waals surface area (Å²) >= 11 is 0. The molecule has 4 nitrogen and oxygen atoms in total. The first-order valence-corrected chi connectivity index (χ1v) is 6.93. The van der Waals surface area contributed by atoms with Crippen LogP contribution in [0.1, 0.15) is 30.2 Å². The zero-order valence-corrected chi connectivity index (χ0v) is 11.0. The van der Waals surface area contributed by atoms with Crippen molar-refractivity contribution in [2.75, 3.05) is 33.3 Å². The lowest BCUT2D eigenvalue weighted by atomic mass is 9.92. The van der Waals surface area contributed by atoms with E-state index < -0.39 is 0 Å². The molecule has 1 saturated heterocycles. The zero-order valence-electron chi connectivity index (χ0n) is 11.0. The summed E-state index contributed by atoms with van der Waals surface area (Å²) in [6, 6.07) is 2.63. The van der Waals surface area contributed by atoms with E-state index in [0.29, 0.717) is 12.1 Å². The minimum Gasteiger partial charge on any atom is -0.469 e. The second-order valence-electron chi connectivity index (χ2n) is 5.34. The van der Waals surface area contributed by atoms with Crippen LogP contribution in [0.5, 0.6) is 0 Å². The van der Waals surface area contributed by atoms with Crippen molar-refractivity contribution in [3.8, 4) is 0 Å². The molecule has 1 aromatic heterocycles. The Balaban J connectivity index is 1.64. The molecule has 4 heteroatoms. The molecule has 100 valence electrons. The highest BCUT2D eigenvalue weighted by molar-refractivity contribution is 5.24. The molecule has 1 aromatic rings. The van der Waals surface area contributed by atoms with Gasteiger partial charge in [0.25, 0.3) is 0 Å². The van der Waals surface area contributed by atoms with E-state index in [-0.39, 0.29) is 0 Å². The van der Waals surface area contributed by atoms with Crippen molar-refractivity contribution in [3.05, 3.63) is 23.7 Å². The van der Waals surface area contributed by atoms with Crippen molar-refractivity contribution >= 4 is 0 Å². The van der Waals surface area contributed by atoms with Crippen LogP contribution in [0.3, 0.4) is 0 Å². The molecule has 1 N–H and O–H groups in total. The van der Waals surface area contributed by atoms with E-state index >= 15 is 0 Å². The molecule has 2 unspecified atom stereocenters. The first-order chi connectivity index (χ1) is 8.84. The van der Waals surface area contributed by atoms with E-state index in [1.54, 1.807) is 0 Å². The highest BCUT2D eigenvalue weighted by Crippen LogP contribution is 2.34. The molecule has 2 heterocycles. The largest absolute Gasteiger partial charge is 0.469 e. The first kappa shape index (κ1) is 12.2. The Bertz CT molecular complexity index is 385. The van der Waals surface area contributed by atoms with Crippen molar-refractivity contribution in [3.63, 3.8) is 0 Å². The summed E-state index contributed by atoms with van der Waals surface area (Å²) in [6.45, 7) is 3.77. The molecular weight excluding hydrogens is 228 g/mol. The fourth-order valence-corrected chi connectivity index (χ4v) is 3.11. The Morgan fingerprint density at radius 3 is 3.28 bits per heavy atom. The fourth-order valence-electron chi connectivity index (χ4n) is 3.11. The number of ether oxygens (including phenoxy) is 1. The lowest BCUT2D eigenvalue weighted by Gasteiger charge is -2.34. The minimum atomic E-state index is 0.320. The number of morpholine rings is 1. The van der Waals surface area contributed by atoms with E-state index in [9.17, 15) is 0 Å². The molecule has 0 radical (unpaired) electrons. The van der Waals surface area contributed by atoms with Gasteiger partial charge in [-0.25, -0.2) is 0 Å². The topological polar surface area (TPSA) is 37.6 Å². The van der Waals surface area contributed by atoms with Crippen molar-refractivity contribution in [2.24, 2.45) is 0 Å². The molecule has 0 amide bonds. The van der Waals surface area contributed by atoms with Crippen LogP contribution < -0.4 is 5.32 Å². The van der Waals surface area contributed by atoms with Gasteiger partial charge in [-0.1, -0.05) is 0 Å². The van der Waals surface area contributed by atoms with Crippen LogP contribution in [0, 0.1) is 0 Å². The molecule has 18 heavy (non-hydrogen) atoms. The first-order valence-electron chi connectivity index (χ1n) is 6.93. The summed E-state index contributed by atoms with van der Waals surface area (Å²) in [5, 5.41) is 3.39. The third-order valence-electron chi connectivity index (χ3n) is 4.05. The van der Waals surface area contributed by atoms with E-state index in [0.717, 1.165) is 32.7 Å². The molecular formula is C14H22N2O2. The van der Waals surface area contributed by atoms with E-state index in [1.807, 2.05) is 6.26 Å². The Kier molecular flexibility index (Phi) is 3.68. The maximum atomic E-state index is 5.78. The number of nitrogens with one attached hydrogen (secondary N) is 1. The van der Waals surface area contributed by atoms with Crippen LogP contribution in [0.4, 0.5) is 0 Å². The van der Waals surface area contributed by atoms with Gasteiger partial charge in [0, 0.05) is 37.7 Å². The van der Waals surface area contributed by atoms with Gasteiger partial charge in [0.2, 0.25) is 0 Å². The van der Waals surface area contributed by atoms with Crippen molar-refractivity contribution in [1.29, 1.82) is 0 Å². The van der Waals surface area contributed by atoms with Gasteiger partial charge >= 0.3 is 0 Å². The van der Waals surface area contributed by atoms with E-state index in [2.05, 4.69) is 23.3 Å². The zero-order chi connectivity index (χ0) is 12.4. The summed E-state index contributed by atoms with van der Waals surface area (Å²) in [6.07, 6.45) is 5.69. The normalized spacial score (nSPS) is 28.3. The second-order valence-corrected chi connectivity index (χ2v) is 5.34. The van der Waals surface area contributed by atoms with Gasteiger partial charge in [-0.3, -0.25) is 4.90 Å².